The van der Waals surface area contributed by atoms with Gasteiger partial charge >= 0.3 is 0 Å². The Balaban J connectivity index is 1.65. The maximum Gasteiger partial charge on any atom is 0.229 e. The first-order chi connectivity index (χ1) is 12.9. The zero-order valence-corrected chi connectivity index (χ0v) is 15.8. The molecule has 1 aliphatic heterocycles. The molecule has 0 saturated heterocycles. The summed E-state index contributed by atoms with van der Waals surface area (Å²) in [6, 6.07) is 12.5. The fraction of sp³-hybridized carbons (Fsp3) is 0.278. The Bertz CT molecular complexity index is 944. The van der Waals surface area contributed by atoms with Crippen molar-refractivity contribution in [2.75, 3.05) is 29.5 Å². The van der Waals surface area contributed by atoms with Crippen molar-refractivity contribution in [2.24, 2.45) is 10.7 Å². The lowest BCUT2D eigenvalue weighted by atomic mass is 10.2. The van der Waals surface area contributed by atoms with Crippen LogP contribution in [0.5, 0.6) is 11.5 Å². The molecular formula is C18H22N4O4S. The van der Waals surface area contributed by atoms with Crippen LogP contribution in [0.2, 0.25) is 0 Å². The SMILES string of the molecule is CS(=O)(=O)Nc1cccc(CN=C(N)Nc2ccc3c(c2)OCCCO3)c1. The fourth-order valence-corrected chi connectivity index (χ4v) is 3.11. The quantitative estimate of drug-likeness (QED) is 0.532. The van der Waals surface area contributed by atoms with Crippen LogP contribution >= 0.6 is 0 Å². The Kier molecular flexibility index (Phi) is 5.70. The van der Waals surface area contributed by atoms with Gasteiger partial charge in [-0.25, -0.2) is 13.4 Å². The summed E-state index contributed by atoms with van der Waals surface area (Å²) in [5.74, 6) is 1.62. The van der Waals surface area contributed by atoms with Gasteiger partial charge in [-0.05, 0) is 29.8 Å². The zero-order chi connectivity index (χ0) is 19.3. The number of hydrogen-bond donors (Lipinski definition) is 3. The molecule has 2 aromatic rings. The first-order valence-corrected chi connectivity index (χ1v) is 10.3. The van der Waals surface area contributed by atoms with Gasteiger partial charge < -0.3 is 20.5 Å². The van der Waals surface area contributed by atoms with Gasteiger partial charge in [-0.15, -0.1) is 0 Å². The maximum absolute atomic E-state index is 11.3. The van der Waals surface area contributed by atoms with Crippen molar-refractivity contribution in [1.82, 2.24) is 0 Å². The van der Waals surface area contributed by atoms with Crippen LogP contribution in [0, 0.1) is 0 Å². The number of nitrogens with one attached hydrogen (secondary N) is 2. The highest BCUT2D eigenvalue weighted by Crippen LogP contribution is 2.32. The number of nitrogens with two attached hydrogens (primary N) is 1. The van der Waals surface area contributed by atoms with Gasteiger partial charge in [0.05, 0.1) is 26.0 Å². The Morgan fingerprint density at radius 2 is 1.89 bits per heavy atom. The molecule has 8 nitrogen and oxygen atoms in total. The van der Waals surface area contributed by atoms with Gasteiger partial charge in [-0.2, -0.15) is 0 Å². The maximum atomic E-state index is 11.3. The number of ether oxygens (including phenoxy) is 2. The molecule has 0 unspecified atom stereocenters. The predicted molar refractivity (Wildman–Crippen MR) is 106 cm³/mol. The van der Waals surface area contributed by atoms with Gasteiger partial charge in [0, 0.05) is 23.9 Å². The molecule has 2 aromatic carbocycles. The summed E-state index contributed by atoms with van der Waals surface area (Å²) in [4.78, 5) is 4.29. The molecule has 0 radical (unpaired) electrons. The highest BCUT2D eigenvalue weighted by Gasteiger charge is 2.11. The van der Waals surface area contributed by atoms with Gasteiger partial charge in [0.2, 0.25) is 10.0 Å². The molecule has 0 fully saturated rings. The standard InChI is InChI=1S/C18H22N4O4S/c1-27(23,24)22-15-5-2-4-13(10-15)12-20-18(19)21-14-6-7-16-17(11-14)26-9-3-8-25-16/h2,4-7,10-11,22H,3,8-9,12H2,1H3,(H3,19,20,21). The van der Waals surface area contributed by atoms with E-state index in [9.17, 15) is 8.42 Å². The van der Waals surface area contributed by atoms with Crippen LogP contribution in [-0.2, 0) is 16.6 Å². The molecule has 0 spiro atoms. The summed E-state index contributed by atoms with van der Waals surface area (Å²) < 4.78 is 36.3. The summed E-state index contributed by atoms with van der Waals surface area (Å²) in [5, 5.41) is 3.02. The van der Waals surface area contributed by atoms with Gasteiger partial charge in [-0.1, -0.05) is 12.1 Å². The van der Waals surface area contributed by atoms with E-state index in [-0.39, 0.29) is 5.96 Å². The van der Waals surface area contributed by atoms with Crippen molar-refractivity contribution in [3.05, 3.63) is 48.0 Å². The lowest BCUT2D eigenvalue weighted by Crippen LogP contribution is -2.22. The molecular weight excluding hydrogens is 368 g/mol. The third kappa shape index (κ3) is 5.78. The van der Waals surface area contributed by atoms with Crippen LogP contribution < -0.4 is 25.2 Å². The number of hydrogen-bond acceptors (Lipinski definition) is 5. The number of aliphatic imine (C=N–C) groups is 1. The third-order valence-electron chi connectivity index (χ3n) is 3.68. The third-order valence-corrected chi connectivity index (χ3v) is 4.29. The lowest BCUT2D eigenvalue weighted by Gasteiger charge is -2.11. The average molecular weight is 390 g/mol. The van der Waals surface area contributed by atoms with E-state index in [2.05, 4.69) is 15.0 Å². The van der Waals surface area contributed by atoms with Crippen molar-refractivity contribution in [3.63, 3.8) is 0 Å². The van der Waals surface area contributed by atoms with Crippen molar-refractivity contribution in [2.45, 2.75) is 13.0 Å². The van der Waals surface area contributed by atoms with Crippen molar-refractivity contribution < 1.29 is 17.9 Å². The molecule has 0 atom stereocenters. The number of guanidine groups is 1. The summed E-state index contributed by atoms with van der Waals surface area (Å²) in [7, 11) is -3.32. The second kappa shape index (κ2) is 8.17. The number of benzene rings is 2. The van der Waals surface area contributed by atoms with Crippen LogP contribution in [0.3, 0.4) is 0 Å². The molecule has 1 heterocycles. The molecule has 1 aliphatic rings. The Hall–Kier alpha value is -2.94. The van der Waals surface area contributed by atoms with E-state index in [1.165, 1.54) is 0 Å². The topological polar surface area (TPSA) is 115 Å². The van der Waals surface area contributed by atoms with Gasteiger partial charge in [-0.3, -0.25) is 4.72 Å². The molecule has 4 N–H and O–H groups in total. The molecule has 9 heteroatoms. The highest BCUT2D eigenvalue weighted by molar-refractivity contribution is 7.92. The van der Waals surface area contributed by atoms with E-state index in [1.807, 2.05) is 24.3 Å². The first-order valence-electron chi connectivity index (χ1n) is 8.42. The predicted octanol–water partition coefficient (Wildman–Crippen LogP) is 2.15. The summed E-state index contributed by atoms with van der Waals surface area (Å²) in [6.45, 7) is 1.55. The second-order valence-corrected chi connectivity index (χ2v) is 7.86. The zero-order valence-electron chi connectivity index (χ0n) is 14.9. The minimum atomic E-state index is -3.32. The summed E-state index contributed by atoms with van der Waals surface area (Å²) >= 11 is 0. The van der Waals surface area contributed by atoms with Gasteiger partial charge in [0.25, 0.3) is 0 Å². The van der Waals surface area contributed by atoms with Crippen LogP contribution in [0.25, 0.3) is 0 Å². The second-order valence-electron chi connectivity index (χ2n) is 6.11. The van der Waals surface area contributed by atoms with Crippen LogP contribution in [0.1, 0.15) is 12.0 Å². The monoisotopic (exact) mass is 390 g/mol. The van der Waals surface area contributed by atoms with E-state index >= 15 is 0 Å². The molecule has 144 valence electrons. The number of anilines is 2. The van der Waals surface area contributed by atoms with Crippen molar-refractivity contribution >= 4 is 27.4 Å². The molecule has 0 aromatic heterocycles. The summed E-state index contributed by atoms with van der Waals surface area (Å²) in [6.07, 6.45) is 1.95. The molecule has 0 amide bonds. The van der Waals surface area contributed by atoms with Crippen molar-refractivity contribution in [3.8, 4) is 11.5 Å². The number of rotatable bonds is 5. The molecule has 27 heavy (non-hydrogen) atoms. The Labute approximate surface area is 158 Å². The van der Waals surface area contributed by atoms with E-state index in [4.69, 9.17) is 15.2 Å². The van der Waals surface area contributed by atoms with E-state index in [0.29, 0.717) is 36.9 Å². The van der Waals surface area contributed by atoms with E-state index in [1.54, 1.807) is 18.2 Å². The van der Waals surface area contributed by atoms with Crippen LogP contribution in [0.15, 0.2) is 47.5 Å². The van der Waals surface area contributed by atoms with Crippen LogP contribution in [-0.4, -0.2) is 33.8 Å². The van der Waals surface area contributed by atoms with Crippen molar-refractivity contribution in [1.29, 1.82) is 0 Å². The van der Waals surface area contributed by atoms with E-state index < -0.39 is 10.0 Å². The molecule has 0 bridgehead atoms. The minimum Gasteiger partial charge on any atom is -0.490 e. The van der Waals surface area contributed by atoms with Crippen LogP contribution in [0.4, 0.5) is 11.4 Å². The van der Waals surface area contributed by atoms with Gasteiger partial charge in [0.15, 0.2) is 17.5 Å². The molecule has 0 aliphatic carbocycles. The average Bonchev–Trinajstić information content (AvgIpc) is 2.84. The molecule has 3 rings (SSSR count). The number of fused-ring (bicyclic) bond motifs is 1. The van der Waals surface area contributed by atoms with E-state index in [0.717, 1.165) is 23.9 Å². The lowest BCUT2D eigenvalue weighted by molar-refractivity contribution is 0.297. The first kappa shape index (κ1) is 18.8. The smallest absolute Gasteiger partial charge is 0.229 e. The summed E-state index contributed by atoms with van der Waals surface area (Å²) in [5.41, 5.74) is 8.01. The number of sulfonamides is 1. The Morgan fingerprint density at radius 3 is 2.67 bits per heavy atom. The fourth-order valence-electron chi connectivity index (χ4n) is 2.55. The number of nitrogens with zero attached hydrogens (tertiary/aromatic N) is 1. The minimum absolute atomic E-state index is 0.242. The largest absolute Gasteiger partial charge is 0.490 e. The Morgan fingerprint density at radius 1 is 1.11 bits per heavy atom. The normalized spacial score (nSPS) is 14.3. The highest BCUT2D eigenvalue weighted by atomic mass is 32.2. The van der Waals surface area contributed by atoms with Gasteiger partial charge in [0.1, 0.15) is 0 Å². The molecule has 0 saturated carbocycles.